The van der Waals surface area contributed by atoms with E-state index in [9.17, 15) is 8.78 Å². The quantitative estimate of drug-likeness (QED) is 0.790. The Balaban J connectivity index is 0.00000141. The predicted octanol–water partition coefficient (Wildman–Crippen LogP) is 2.78. The maximum Gasteiger partial charge on any atom is 0.260 e. The first kappa shape index (κ1) is 21.7. The predicted molar refractivity (Wildman–Crippen MR) is 88.3 cm³/mol. The smallest absolute Gasteiger partial charge is 0.260 e. The fourth-order valence-electron chi connectivity index (χ4n) is 2.71. The third-order valence-electron chi connectivity index (χ3n) is 3.93. The van der Waals surface area contributed by atoms with Crippen LogP contribution in [-0.2, 0) is 4.74 Å². The minimum atomic E-state index is -2.51. The van der Waals surface area contributed by atoms with Crippen molar-refractivity contribution < 1.29 is 13.5 Å². The molecule has 2 heterocycles. The molecule has 2 rings (SSSR count). The van der Waals surface area contributed by atoms with Crippen molar-refractivity contribution in [2.24, 2.45) is 5.73 Å². The SMILES string of the molecule is C.CC.NC1CCN(COCCN2CCCC(F)(F)C2)CC1. The molecule has 0 aromatic heterocycles. The minimum Gasteiger partial charge on any atom is -0.365 e. The Morgan fingerprint density at radius 1 is 1.14 bits per heavy atom. The molecule has 2 saturated heterocycles. The first-order valence-corrected chi connectivity index (χ1v) is 8.21. The van der Waals surface area contributed by atoms with Crippen LogP contribution in [0.5, 0.6) is 0 Å². The van der Waals surface area contributed by atoms with Gasteiger partial charge in [-0.25, -0.2) is 8.78 Å². The summed E-state index contributed by atoms with van der Waals surface area (Å²) in [5.74, 6) is -2.51. The Morgan fingerprint density at radius 3 is 2.36 bits per heavy atom. The summed E-state index contributed by atoms with van der Waals surface area (Å²) in [5.41, 5.74) is 5.83. The molecular weight excluding hydrogens is 288 g/mol. The van der Waals surface area contributed by atoms with Crippen LogP contribution in [0.4, 0.5) is 8.78 Å². The lowest BCUT2D eigenvalue weighted by Crippen LogP contribution is -2.44. The molecule has 2 aliphatic rings. The number of alkyl halides is 2. The summed E-state index contributed by atoms with van der Waals surface area (Å²) >= 11 is 0. The summed E-state index contributed by atoms with van der Waals surface area (Å²) in [4.78, 5) is 4.03. The highest BCUT2D eigenvalue weighted by molar-refractivity contribution is 4.78. The van der Waals surface area contributed by atoms with Crippen LogP contribution in [0.2, 0.25) is 0 Å². The Morgan fingerprint density at radius 2 is 1.77 bits per heavy atom. The third kappa shape index (κ3) is 8.36. The number of piperidine rings is 2. The second kappa shape index (κ2) is 11.3. The summed E-state index contributed by atoms with van der Waals surface area (Å²) in [6.07, 6.45) is 2.64. The number of nitrogens with two attached hydrogens (primary N) is 1. The van der Waals surface area contributed by atoms with E-state index in [4.69, 9.17) is 10.5 Å². The van der Waals surface area contributed by atoms with Crippen LogP contribution in [0.15, 0.2) is 0 Å². The Kier molecular flexibility index (Phi) is 11.1. The summed E-state index contributed by atoms with van der Waals surface area (Å²) in [5, 5.41) is 0. The van der Waals surface area contributed by atoms with E-state index < -0.39 is 5.92 Å². The van der Waals surface area contributed by atoms with Crippen LogP contribution >= 0.6 is 0 Å². The molecule has 0 aromatic rings. The molecule has 4 nitrogen and oxygen atoms in total. The Hall–Kier alpha value is -0.300. The molecule has 0 amide bonds. The van der Waals surface area contributed by atoms with Crippen molar-refractivity contribution >= 4 is 0 Å². The van der Waals surface area contributed by atoms with Gasteiger partial charge in [0.15, 0.2) is 0 Å². The van der Waals surface area contributed by atoms with Gasteiger partial charge in [-0.3, -0.25) is 9.80 Å². The van der Waals surface area contributed by atoms with E-state index in [1.54, 1.807) is 4.90 Å². The van der Waals surface area contributed by atoms with Gasteiger partial charge in [0.25, 0.3) is 5.92 Å². The fourth-order valence-corrected chi connectivity index (χ4v) is 2.71. The number of nitrogens with zero attached hydrogens (tertiary/aromatic N) is 2. The summed E-state index contributed by atoms with van der Waals surface area (Å²) in [6.45, 7) is 8.32. The molecule has 0 aliphatic carbocycles. The molecule has 134 valence electrons. The second-order valence-corrected chi connectivity index (χ2v) is 5.73. The maximum absolute atomic E-state index is 13.2. The molecule has 2 N–H and O–H groups in total. The molecule has 0 aromatic carbocycles. The first-order valence-electron chi connectivity index (χ1n) is 8.21. The number of hydrogen-bond acceptors (Lipinski definition) is 4. The van der Waals surface area contributed by atoms with E-state index in [2.05, 4.69) is 4.90 Å². The lowest BCUT2D eigenvalue weighted by atomic mass is 10.1. The zero-order chi connectivity index (χ0) is 15.7. The monoisotopic (exact) mass is 323 g/mol. The molecule has 0 unspecified atom stereocenters. The summed E-state index contributed by atoms with van der Waals surface area (Å²) < 4.78 is 32.0. The van der Waals surface area contributed by atoms with E-state index in [-0.39, 0.29) is 20.4 Å². The maximum atomic E-state index is 13.2. The van der Waals surface area contributed by atoms with Gasteiger partial charge in [-0.2, -0.15) is 0 Å². The van der Waals surface area contributed by atoms with Gasteiger partial charge >= 0.3 is 0 Å². The first-order chi connectivity index (χ1) is 10.1. The van der Waals surface area contributed by atoms with Gasteiger partial charge in [-0.15, -0.1) is 0 Å². The van der Waals surface area contributed by atoms with Crippen LogP contribution in [0, 0.1) is 0 Å². The van der Waals surface area contributed by atoms with Gasteiger partial charge in [0.05, 0.1) is 19.9 Å². The van der Waals surface area contributed by atoms with Gasteiger partial charge in [0, 0.05) is 32.1 Å². The number of rotatable bonds is 5. The van der Waals surface area contributed by atoms with Crippen LogP contribution in [0.1, 0.15) is 47.0 Å². The number of halogens is 2. The highest BCUT2D eigenvalue weighted by Gasteiger charge is 2.34. The molecule has 2 fully saturated rings. The summed E-state index contributed by atoms with van der Waals surface area (Å²) in [7, 11) is 0. The van der Waals surface area contributed by atoms with Crippen LogP contribution < -0.4 is 5.73 Å². The van der Waals surface area contributed by atoms with Gasteiger partial charge in [0.2, 0.25) is 0 Å². The number of likely N-dealkylation sites (tertiary alicyclic amines) is 2. The molecule has 0 radical (unpaired) electrons. The van der Waals surface area contributed by atoms with Crippen molar-refractivity contribution in [2.75, 3.05) is 46.1 Å². The Bertz CT molecular complexity index is 272. The van der Waals surface area contributed by atoms with Crippen LogP contribution in [0.25, 0.3) is 0 Å². The van der Waals surface area contributed by atoms with Crippen molar-refractivity contribution in [2.45, 2.75) is 58.9 Å². The Labute approximate surface area is 135 Å². The summed E-state index contributed by atoms with van der Waals surface area (Å²) in [6, 6.07) is 0.326. The van der Waals surface area contributed by atoms with Crippen molar-refractivity contribution in [3.8, 4) is 0 Å². The van der Waals surface area contributed by atoms with Gasteiger partial charge in [-0.1, -0.05) is 21.3 Å². The molecule has 6 heteroatoms. The topological polar surface area (TPSA) is 41.7 Å². The highest BCUT2D eigenvalue weighted by atomic mass is 19.3. The highest BCUT2D eigenvalue weighted by Crippen LogP contribution is 2.26. The number of hydrogen-bond donors (Lipinski definition) is 1. The lowest BCUT2D eigenvalue weighted by Gasteiger charge is -2.33. The number of ether oxygens (including phenoxy) is 1. The molecule has 0 atom stereocenters. The third-order valence-corrected chi connectivity index (χ3v) is 3.93. The van der Waals surface area contributed by atoms with Crippen LogP contribution in [0.3, 0.4) is 0 Å². The van der Waals surface area contributed by atoms with Crippen LogP contribution in [-0.4, -0.2) is 67.8 Å². The molecule has 2 aliphatic heterocycles. The fraction of sp³-hybridized carbons (Fsp3) is 1.00. The lowest BCUT2D eigenvalue weighted by molar-refractivity contribution is -0.0721. The average Bonchev–Trinajstić information content (AvgIpc) is 2.47. The van der Waals surface area contributed by atoms with Crippen molar-refractivity contribution in [3.63, 3.8) is 0 Å². The molecule has 0 saturated carbocycles. The van der Waals surface area contributed by atoms with Crippen molar-refractivity contribution in [1.29, 1.82) is 0 Å². The normalized spacial score (nSPS) is 23.3. The van der Waals surface area contributed by atoms with E-state index in [0.29, 0.717) is 32.3 Å². The minimum absolute atomic E-state index is 0. The zero-order valence-electron chi connectivity index (χ0n) is 13.5. The standard InChI is InChI=1S/C13H25F2N3O.C2H6.CH4/c14-13(15)4-1-5-17(10-13)8-9-19-11-18-6-2-12(16)3-7-18;1-2;/h12H,1-11,16H2;1-2H3;1H4. The zero-order valence-corrected chi connectivity index (χ0v) is 13.5. The second-order valence-electron chi connectivity index (χ2n) is 5.73. The van der Waals surface area contributed by atoms with E-state index in [1.165, 1.54) is 0 Å². The van der Waals surface area contributed by atoms with E-state index in [0.717, 1.165) is 32.5 Å². The van der Waals surface area contributed by atoms with Gasteiger partial charge in [-0.05, 0) is 25.8 Å². The molecule has 0 spiro atoms. The molecular formula is C16H35F2N3O. The van der Waals surface area contributed by atoms with Gasteiger partial charge in [0.1, 0.15) is 0 Å². The largest absolute Gasteiger partial charge is 0.365 e. The molecule has 22 heavy (non-hydrogen) atoms. The molecule has 0 bridgehead atoms. The van der Waals surface area contributed by atoms with Crippen molar-refractivity contribution in [1.82, 2.24) is 9.80 Å². The van der Waals surface area contributed by atoms with Gasteiger partial charge < -0.3 is 10.5 Å². The van der Waals surface area contributed by atoms with E-state index >= 15 is 0 Å². The van der Waals surface area contributed by atoms with Crippen molar-refractivity contribution in [3.05, 3.63) is 0 Å². The van der Waals surface area contributed by atoms with E-state index in [1.807, 2.05) is 13.8 Å². The average molecular weight is 323 g/mol.